The van der Waals surface area contributed by atoms with Crippen LogP contribution in [0, 0.1) is 5.92 Å². The second-order valence-electron chi connectivity index (χ2n) is 8.92. The molecule has 1 saturated heterocycles. The number of fused-ring (bicyclic) bond motifs is 1. The van der Waals surface area contributed by atoms with Crippen LogP contribution in [-0.4, -0.2) is 68.2 Å². The Hall–Kier alpha value is -3.11. The van der Waals surface area contributed by atoms with Crippen LogP contribution in [0.25, 0.3) is 0 Å². The summed E-state index contributed by atoms with van der Waals surface area (Å²) >= 11 is 0. The second kappa shape index (κ2) is 10.4. The number of unbranched alkanes of at least 4 members (excludes halogenated alkanes) is 2. The molecule has 34 heavy (non-hydrogen) atoms. The van der Waals surface area contributed by atoms with Gasteiger partial charge in [0.15, 0.2) is 0 Å². The molecule has 1 aromatic carbocycles. The van der Waals surface area contributed by atoms with E-state index in [1.165, 1.54) is 12.0 Å². The quantitative estimate of drug-likeness (QED) is 0.167. The van der Waals surface area contributed by atoms with E-state index in [1.807, 2.05) is 6.07 Å². The zero-order valence-corrected chi connectivity index (χ0v) is 19.6. The average molecular weight is 473 g/mol. The van der Waals surface area contributed by atoms with Gasteiger partial charge in [0.2, 0.25) is 5.91 Å². The Morgan fingerprint density at radius 1 is 1.26 bits per heavy atom. The number of esters is 1. The summed E-state index contributed by atoms with van der Waals surface area (Å²) in [6.45, 7) is 2.19. The van der Waals surface area contributed by atoms with Crippen molar-refractivity contribution in [2.45, 2.75) is 50.1 Å². The van der Waals surface area contributed by atoms with Crippen molar-refractivity contribution in [2.24, 2.45) is 11.7 Å². The van der Waals surface area contributed by atoms with E-state index in [2.05, 4.69) is 10.6 Å². The number of nitrogens with zero attached hydrogens (tertiary/aromatic N) is 1. The highest BCUT2D eigenvalue weighted by Gasteiger charge is 2.75. The molecular formula is C24H32N4O6. The molecule has 2 aliphatic rings. The molecule has 2 heterocycles. The van der Waals surface area contributed by atoms with Crippen molar-refractivity contribution in [3.8, 4) is 0 Å². The highest BCUT2D eigenvalue weighted by Crippen LogP contribution is 2.47. The molecule has 3 rings (SSSR count). The molecule has 10 nitrogen and oxygen atoms in total. The molecule has 1 aromatic rings. The normalized spacial score (nSPS) is 24.5. The number of amides is 2. The Morgan fingerprint density at radius 2 is 2.03 bits per heavy atom. The van der Waals surface area contributed by atoms with Gasteiger partial charge in [0.05, 0.1) is 24.9 Å². The number of nitrogens with one attached hydrogen (secondary N) is 2. The molecule has 4 N–H and O–H groups in total. The van der Waals surface area contributed by atoms with E-state index >= 15 is 0 Å². The van der Waals surface area contributed by atoms with Crippen LogP contribution in [0.4, 0.5) is 5.69 Å². The summed E-state index contributed by atoms with van der Waals surface area (Å²) in [5, 5.41) is 5.53. The number of hydrogen-bond acceptors (Lipinski definition) is 8. The minimum absolute atomic E-state index is 0.0349. The standard InChI is InChI=1S/C24H32N4O6/c1-16(24(22(33)34-2)23(15-30,27-24)9-11-29)14-28-19-8-7-17(6-4-3-5-10-25)12-18(19)21(32)26-13-20(28)31/h7-8,11-12,15-16,27H,3-6,9-10,13-14,25H2,1-2H3,(H,26,32)/t16?,23?,24-/m0/s1. The van der Waals surface area contributed by atoms with Crippen LogP contribution in [0.5, 0.6) is 0 Å². The lowest BCUT2D eigenvalue weighted by Crippen LogP contribution is -2.49. The zero-order chi connectivity index (χ0) is 24.9. The lowest BCUT2D eigenvalue weighted by atomic mass is 9.81. The van der Waals surface area contributed by atoms with Crippen molar-refractivity contribution < 1.29 is 28.7 Å². The topological polar surface area (TPSA) is 158 Å². The number of methoxy groups -OCH3 is 1. The molecule has 0 spiro atoms. The van der Waals surface area contributed by atoms with Crippen LogP contribution < -0.4 is 21.3 Å². The number of anilines is 1. The fourth-order valence-electron chi connectivity index (χ4n) is 4.89. The maximum absolute atomic E-state index is 13.0. The first kappa shape index (κ1) is 25.5. The summed E-state index contributed by atoms with van der Waals surface area (Å²) in [7, 11) is 1.21. The van der Waals surface area contributed by atoms with Crippen LogP contribution in [0.1, 0.15) is 48.5 Å². The Labute approximate surface area is 198 Å². The molecule has 0 aliphatic carbocycles. The summed E-state index contributed by atoms with van der Waals surface area (Å²) in [5.74, 6) is -1.98. The van der Waals surface area contributed by atoms with Crippen molar-refractivity contribution in [2.75, 3.05) is 31.6 Å². The largest absolute Gasteiger partial charge is 0.468 e. The maximum atomic E-state index is 13.0. The molecule has 0 aromatic heterocycles. The first-order valence-corrected chi connectivity index (χ1v) is 11.5. The van der Waals surface area contributed by atoms with Gasteiger partial charge in [-0.15, -0.1) is 0 Å². The first-order valence-electron chi connectivity index (χ1n) is 11.5. The molecule has 2 unspecified atom stereocenters. The molecular weight excluding hydrogens is 440 g/mol. The molecule has 2 aliphatic heterocycles. The number of hydrogen-bond donors (Lipinski definition) is 3. The first-order chi connectivity index (χ1) is 16.3. The molecule has 2 amide bonds. The Balaban J connectivity index is 1.90. The molecule has 0 saturated carbocycles. The van der Waals surface area contributed by atoms with Crippen molar-refractivity contribution in [1.82, 2.24) is 10.6 Å². The Morgan fingerprint density at radius 3 is 2.68 bits per heavy atom. The Bertz CT molecular complexity index is 982. The molecule has 1 fully saturated rings. The molecule has 10 heteroatoms. The fraction of sp³-hybridized carbons (Fsp3) is 0.542. The number of rotatable bonds is 12. The number of ether oxygens (including phenoxy) is 1. The summed E-state index contributed by atoms with van der Waals surface area (Å²) in [6, 6.07) is 5.42. The monoisotopic (exact) mass is 472 g/mol. The third-order valence-electron chi connectivity index (χ3n) is 6.84. The second-order valence-corrected chi connectivity index (χ2v) is 8.92. The van der Waals surface area contributed by atoms with Gasteiger partial charge in [0, 0.05) is 18.9 Å². The Kier molecular flexibility index (Phi) is 7.83. The number of aryl methyl sites for hydroxylation is 1. The van der Waals surface area contributed by atoms with E-state index in [4.69, 9.17) is 10.5 Å². The summed E-state index contributed by atoms with van der Waals surface area (Å²) < 4.78 is 4.95. The minimum atomic E-state index is -1.45. The van der Waals surface area contributed by atoms with Crippen LogP contribution in [0.2, 0.25) is 0 Å². The SMILES string of the molecule is COC(=O)[C@]1(C(C)CN2C(=O)CNC(=O)c3cc(CCCCCN)ccc32)NC1(C=O)CC=O. The van der Waals surface area contributed by atoms with Crippen molar-refractivity contribution in [3.63, 3.8) is 0 Å². The van der Waals surface area contributed by atoms with Crippen LogP contribution in [0.15, 0.2) is 18.2 Å². The highest BCUT2D eigenvalue weighted by atomic mass is 16.5. The van der Waals surface area contributed by atoms with Gasteiger partial charge in [-0.25, -0.2) is 4.79 Å². The summed E-state index contributed by atoms with van der Waals surface area (Å²) in [6.07, 6.45) is 4.58. The van der Waals surface area contributed by atoms with Gasteiger partial charge in [0.1, 0.15) is 23.7 Å². The van der Waals surface area contributed by atoms with Gasteiger partial charge >= 0.3 is 5.97 Å². The lowest BCUT2D eigenvalue weighted by Gasteiger charge is -2.30. The van der Waals surface area contributed by atoms with Gasteiger partial charge in [0.25, 0.3) is 5.91 Å². The fourth-order valence-corrected chi connectivity index (χ4v) is 4.89. The van der Waals surface area contributed by atoms with Crippen molar-refractivity contribution in [3.05, 3.63) is 29.3 Å². The van der Waals surface area contributed by atoms with Crippen LogP contribution in [0.3, 0.4) is 0 Å². The average Bonchev–Trinajstić information content (AvgIpc) is 3.54. The van der Waals surface area contributed by atoms with Gasteiger partial charge in [-0.3, -0.25) is 14.9 Å². The smallest absolute Gasteiger partial charge is 0.328 e. The number of aldehydes is 2. The van der Waals surface area contributed by atoms with E-state index < -0.39 is 23.0 Å². The number of benzene rings is 1. The minimum Gasteiger partial charge on any atom is -0.468 e. The molecule has 0 radical (unpaired) electrons. The summed E-state index contributed by atoms with van der Waals surface area (Å²) in [5.41, 5.74) is 4.50. The molecule has 0 bridgehead atoms. The van der Waals surface area contributed by atoms with Crippen molar-refractivity contribution >= 4 is 36.0 Å². The third kappa shape index (κ3) is 4.47. The van der Waals surface area contributed by atoms with Gasteiger partial charge in [-0.05, 0) is 43.5 Å². The zero-order valence-electron chi connectivity index (χ0n) is 19.6. The van der Waals surface area contributed by atoms with E-state index in [-0.39, 0.29) is 31.3 Å². The van der Waals surface area contributed by atoms with Crippen LogP contribution in [-0.2, 0) is 30.3 Å². The predicted molar refractivity (Wildman–Crippen MR) is 124 cm³/mol. The molecule has 3 atom stereocenters. The van der Waals surface area contributed by atoms with E-state index in [0.717, 1.165) is 31.2 Å². The molecule has 184 valence electrons. The van der Waals surface area contributed by atoms with Crippen LogP contribution >= 0.6 is 0 Å². The third-order valence-corrected chi connectivity index (χ3v) is 6.84. The van der Waals surface area contributed by atoms with Gasteiger partial charge in [-0.1, -0.05) is 19.4 Å². The lowest BCUT2D eigenvalue weighted by molar-refractivity contribution is -0.146. The van der Waals surface area contributed by atoms with Gasteiger partial charge in [-0.2, -0.15) is 0 Å². The van der Waals surface area contributed by atoms with Crippen molar-refractivity contribution in [1.29, 1.82) is 0 Å². The maximum Gasteiger partial charge on any atom is 0.328 e. The number of carbonyl (C=O) groups excluding carboxylic acids is 5. The number of carbonyl (C=O) groups is 5. The summed E-state index contributed by atoms with van der Waals surface area (Å²) in [4.78, 5) is 63.0. The predicted octanol–water partition coefficient (Wildman–Crippen LogP) is 0.112. The number of nitrogens with two attached hydrogens (primary N) is 1. The van der Waals surface area contributed by atoms with E-state index in [9.17, 15) is 24.0 Å². The highest BCUT2D eigenvalue weighted by molar-refractivity contribution is 6.10. The van der Waals surface area contributed by atoms with Gasteiger partial charge < -0.3 is 30.3 Å². The van der Waals surface area contributed by atoms with E-state index in [1.54, 1.807) is 19.1 Å². The van der Waals surface area contributed by atoms with E-state index in [0.29, 0.717) is 30.4 Å².